The molecule has 0 amide bonds. The number of hydrogen-bond acceptors (Lipinski definition) is 3. The third-order valence-corrected chi connectivity index (χ3v) is 4.41. The zero-order valence-corrected chi connectivity index (χ0v) is 12.4. The van der Waals surface area contributed by atoms with Gasteiger partial charge in [0.15, 0.2) is 0 Å². The molecule has 19 heavy (non-hydrogen) atoms. The molecule has 0 radical (unpaired) electrons. The van der Waals surface area contributed by atoms with E-state index in [0.29, 0.717) is 0 Å². The average molecular weight is 264 g/mol. The fraction of sp³-hybridized carbons (Fsp3) is 0.867. The predicted molar refractivity (Wildman–Crippen MR) is 78.0 cm³/mol. The van der Waals surface area contributed by atoms with Crippen LogP contribution in [0, 0.1) is 11.8 Å². The van der Waals surface area contributed by atoms with E-state index in [2.05, 4.69) is 33.9 Å². The van der Waals surface area contributed by atoms with E-state index in [-0.39, 0.29) is 0 Å². The van der Waals surface area contributed by atoms with Gasteiger partial charge in [-0.05, 0) is 44.7 Å². The topological polar surface area (TPSA) is 42.7 Å². The molecule has 0 saturated heterocycles. The maximum absolute atomic E-state index is 4.46. The molecule has 2 atom stereocenters. The Kier molecular flexibility index (Phi) is 5.83. The van der Waals surface area contributed by atoms with Crippen molar-refractivity contribution in [3.63, 3.8) is 0 Å². The molecule has 4 heteroatoms. The van der Waals surface area contributed by atoms with E-state index in [0.717, 1.165) is 31.3 Å². The molecule has 1 N–H and O–H groups in total. The van der Waals surface area contributed by atoms with Crippen LogP contribution in [0.3, 0.4) is 0 Å². The Balaban J connectivity index is 2.00. The SMILES string of the molecule is CCNCC1CCCCCC1Cc1ncnn1CC. The zero-order chi connectivity index (χ0) is 13.5. The van der Waals surface area contributed by atoms with Gasteiger partial charge < -0.3 is 5.32 Å². The van der Waals surface area contributed by atoms with Crippen molar-refractivity contribution in [3.05, 3.63) is 12.2 Å². The van der Waals surface area contributed by atoms with Crippen molar-refractivity contribution in [2.24, 2.45) is 11.8 Å². The van der Waals surface area contributed by atoms with Crippen LogP contribution < -0.4 is 5.32 Å². The van der Waals surface area contributed by atoms with Gasteiger partial charge in [-0.25, -0.2) is 4.98 Å². The first kappa shape index (κ1) is 14.5. The predicted octanol–water partition coefficient (Wildman–Crippen LogP) is 2.65. The molecule has 1 aliphatic carbocycles. The Labute approximate surface area is 117 Å². The van der Waals surface area contributed by atoms with Crippen LogP contribution in [0.1, 0.15) is 51.8 Å². The third-order valence-electron chi connectivity index (χ3n) is 4.41. The van der Waals surface area contributed by atoms with Gasteiger partial charge in [-0.3, -0.25) is 4.68 Å². The summed E-state index contributed by atoms with van der Waals surface area (Å²) in [6, 6.07) is 0. The summed E-state index contributed by atoms with van der Waals surface area (Å²) < 4.78 is 2.05. The highest BCUT2D eigenvalue weighted by Crippen LogP contribution is 2.30. The van der Waals surface area contributed by atoms with Crippen molar-refractivity contribution < 1.29 is 0 Å². The Morgan fingerprint density at radius 1 is 1.21 bits per heavy atom. The number of aryl methyl sites for hydroxylation is 1. The number of aromatic nitrogens is 3. The molecule has 0 spiro atoms. The van der Waals surface area contributed by atoms with Crippen LogP contribution in [0.4, 0.5) is 0 Å². The first-order chi connectivity index (χ1) is 9.35. The van der Waals surface area contributed by atoms with Crippen molar-refractivity contribution in [2.45, 2.75) is 58.9 Å². The molecule has 1 saturated carbocycles. The lowest BCUT2D eigenvalue weighted by molar-refractivity contribution is 0.292. The zero-order valence-electron chi connectivity index (χ0n) is 12.4. The number of rotatable bonds is 6. The minimum absolute atomic E-state index is 0.774. The highest BCUT2D eigenvalue weighted by Gasteiger charge is 2.25. The van der Waals surface area contributed by atoms with Crippen LogP contribution in [0.25, 0.3) is 0 Å². The van der Waals surface area contributed by atoms with Gasteiger partial charge in [-0.1, -0.05) is 26.2 Å². The first-order valence-corrected chi connectivity index (χ1v) is 7.92. The Morgan fingerprint density at radius 3 is 2.74 bits per heavy atom. The van der Waals surface area contributed by atoms with Gasteiger partial charge in [0.25, 0.3) is 0 Å². The molecule has 4 nitrogen and oxygen atoms in total. The fourth-order valence-corrected chi connectivity index (χ4v) is 3.27. The minimum atomic E-state index is 0.774. The molecule has 108 valence electrons. The van der Waals surface area contributed by atoms with E-state index in [1.54, 1.807) is 6.33 Å². The summed E-state index contributed by atoms with van der Waals surface area (Å²) in [4.78, 5) is 4.46. The van der Waals surface area contributed by atoms with Gasteiger partial charge in [-0.2, -0.15) is 5.10 Å². The van der Waals surface area contributed by atoms with Crippen LogP contribution in [0.2, 0.25) is 0 Å². The third kappa shape index (κ3) is 4.03. The van der Waals surface area contributed by atoms with E-state index in [1.165, 1.54) is 44.5 Å². The lowest BCUT2D eigenvalue weighted by atomic mass is 9.85. The lowest BCUT2D eigenvalue weighted by Gasteiger charge is -2.25. The summed E-state index contributed by atoms with van der Waals surface area (Å²) in [6.07, 6.45) is 9.71. The van der Waals surface area contributed by atoms with Gasteiger partial charge >= 0.3 is 0 Å². The molecule has 1 fully saturated rings. The highest BCUT2D eigenvalue weighted by atomic mass is 15.3. The number of hydrogen-bond donors (Lipinski definition) is 1. The second kappa shape index (κ2) is 7.63. The van der Waals surface area contributed by atoms with Crippen LogP contribution in [0.5, 0.6) is 0 Å². The van der Waals surface area contributed by atoms with Gasteiger partial charge in [0, 0.05) is 13.0 Å². The summed E-state index contributed by atoms with van der Waals surface area (Å²) in [5, 5.41) is 7.84. The summed E-state index contributed by atoms with van der Waals surface area (Å²) in [5.74, 6) is 2.76. The molecule has 0 bridgehead atoms. The van der Waals surface area contributed by atoms with Gasteiger partial charge in [0.05, 0.1) is 0 Å². The Morgan fingerprint density at radius 2 is 2.00 bits per heavy atom. The summed E-state index contributed by atoms with van der Waals surface area (Å²) in [6.45, 7) is 7.51. The standard InChI is InChI=1S/C15H28N4/c1-3-16-11-14-9-7-5-6-8-13(14)10-15-17-12-18-19(15)4-2/h12-14,16H,3-11H2,1-2H3. The molecule has 1 aromatic heterocycles. The Bertz CT molecular complexity index is 361. The second-order valence-corrected chi connectivity index (χ2v) is 5.66. The van der Waals surface area contributed by atoms with Crippen molar-refractivity contribution in [2.75, 3.05) is 13.1 Å². The lowest BCUT2D eigenvalue weighted by Crippen LogP contribution is -2.29. The van der Waals surface area contributed by atoms with E-state index in [4.69, 9.17) is 0 Å². The van der Waals surface area contributed by atoms with E-state index in [9.17, 15) is 0 Å². The number of nitrogens with zero attached hydrogens (tertiary/aromatic N) is 3. The van der Waals surface area contributed by atoms with Crippen LogP contribution in [-0.2, 0) is 13.0 Å². The summed E-state index contributed by atoms with van der Waals surface area (Å²) in [7, 11) is 0. The van der Waals surface area contributed by atoms with Crippen LogP contribution >= 0.6 is 0 Å². The molecule has 0 aliphatic heterocycles. The highest BCUT2D eigenvalue weighted by molar-refractivity contribution is 4.90. The fourth-order valence-electron chi connectivity index (χ4n) is 3.27. The molecule has 1 aromatic rings. The largest absolute Gasteiger partial charge is 0.317 e. The quantitative estimate of drug-likeness (QED) is 0.803. The molecule has 1 heterocycles. The summed E-state index contributed by atoms with van der Waals surface area (Å²) >= 11 is 0. The van der Waals surface area contributed by atoms with E-state index in [1.807, 2.05) is 0 Å². The number of nitrogens with one attached hydrogen (secondary N) is 1. The van der Waals surface area contributed by atoms with Crippen LogP contribution in [-0.4, -0.2) is 27.9 Å². The van der Waals surface area contributed by atoms with E-state index >= 15 is 0 Å². The molecular formula is C15H28N4. The molecule has 1 aliphatic rings. The average Bonchev–Trinajstić information content (AvgIpc) is 2.76. The maximum Gasteiger partial charge on any atom is 0.138 e. The van der Waals surface area contributed by atoms with Crippen molar-refractivity contribution >= 4 is 0 Å². The first-order valence-electron chi connectivity index (χ1n) is 7.92. The Hall–Kier alpha value is -0.900. The maximum atomic E-state index is 4.46. The van der Waals surface area contributed by atoms with Crippen molar-refractivity contribution in [1.82, 2.24) is 20.1 Å². The van der Waals surface area contributed by atoms with Crippen molar-refractivity contribution in [1.29, 1.82) is 0 Å². The second-order valence-electron chi connectivity index (χ2n) is 5.66. The van der Waals surface area contributed by atoms with Crippen molar-refractivity contribution in [3.8, 4) is 0 Å². The van der Waals surface area contributed by atoms with E-state index < -0.39 is 0 Å². The monoisotopic (exact) mass is 264 g/mol. The van der Waals surface area contributed by atoms with Gasteiger partial charge in [-0.15, -0.1) is 0 Å². The minimum Gasteiger partial charge on any atom is -0.317 e. The molecule has 0 aromatic carbocycles. The van der Waals surface area contributed by atoms with Gasteiger partial charge in [0.1, 0.15) is 12.2 Å². The smallest absolute Gasteiger partial charge is 0.138 e. The molecule has 2 rings (SSSR count). The molecular weight excluding hydrogens is 236 g/mol. The normalized spacial score (nSPS) is 24.3. The van der Waals surface area contributed by atoms with Crippen LogP contribution in [0.15, 0.2) is 6.33 Å². The summed E-state index contributed by atoms with van der Waals surface area (Å²) in [5.41, 5.74) is 0. The molecule has 2 unspecified atom stereocenters. The van der Waals surface area contributed by atoms with Gasteiger partial charge in [0.2, 0.25) is 0 Å².